The van der Waals surface area contributed by atoms with Crippen LogP contribution in [0.5, 0.6) is 0 Å². The Hall–Kier alpha value is -2.26. The van der Waals surface area contributed by atoms with Crippen molar-refractivity contribution in [2.75, 3.05) is 19.4 Å². The number of anilines is 1. The normalized spacial score (nSPS) is 11.7. The lowest BCUT2D eigenvalue weighted by Crippen LogP contribution is -2.24. The van der Waals surface area contributed by atoms with Crippen LogP contribution in [0, 0.1) is 13.8 Å². The third-order valence-electron chi connectivity index (χ3n) is 4.68. The number of nitrogens with one attached hydrogen (secondary N) is 1. The van der Waals surface area contributed by atoms with E-state index in [1.54, 1.807) is 26.1 Å². The molecule has 0 saturated carbocycles. The summed E-state index contributed by atoms with van der Waals surface area (Å²) in [6, 6.07) is 10.7. The molecule has 6 nitrogen and oxygen atoms in total. The second-order valence-corrected chi connectivity index (χ2v) is 10.8. The molecule has 0 spiro atoms. The molecule has 0 bridgehead atoms. The second kappa shape index (κ2) is 8.85. The van der Waals surface area contributed by atoms with E-state index in [9.17, 15) is 13.2 Å². The molecular weight excluding hydrogens is 442 g/mol. The summed E-state index contributed by atoms with van der Waals surface area (Å²) in [6.45, 7) is 3.52. The molecule has 0 saturated heterocycles. The van der Waals surface area contributed by atoms with Gasteiger partial charge in [-0.05, 0) is 54.8 Å². The zero-order valence-electron chi connectivity index (χ0n) is 17.1. The SMILES string of the molecule is Cc1cc(C(=O)Nc2ncc(Cc3cccc(Cl)c3)s2)cc(S(=O)(=O)N(C)C)c1C. The molecule has 0 unspecified atom stereocenters. The summed E-state index contributed by atoms with van der Waals surface area (Å²) in [5.41, 5.74) is 2.67. The van der Waals surface area contributed by atoms with Gasteiger partial charge in [0.25, 0.3) is 5.91 Å². The molecular formula is C21H22ClN3O3S2. The summed E-state index contributed by atoms with van der Waals surface area (Å²) >= 11 is 7.39. The Kier molecular flexibility index (Phi) is 6.62. The summed E-state index contributed by atoms with van der Waals surface area (Å²) in [6.07, 6.45) is 2.37. The number of carbonyl (C=O) groups is 1. The van der Waals surface area contributed by atoms with E-state index in [0.717, 1.165) is 20.3 Å². The first-order chi connectivity index (χ1) is 14.1. The Bertz CT molecular complexity index is 1200. The van der Waals surface area contributed by atoms with E-state index in [2.05, 4.69) is 10.3 Å². The number of carbonyl (C=O) groups excluding carboxylic acids is 1. The van der Waals surface area contributed by atoms with E-state index in [4.69, 9.17) is 11.6 Å². The molecule has 0 aliphatic carbocycles. The first-order valence-electron chi connectivity index (χ1n) is 9.12. The topological polar surface area (TPSA) is 79.4 Å². The van der Waals surface area contributed by atoms with Crippen LogP contribution in [0.2, 0.25) is 5.02 Å². The van der Waals surface area contributed by atoms with Crippen molar-refractivity contribution in [3.8, 4) is 0 Å². The van der Waals surface area contributed by atoms with Gasteiger partial charge < -0.3 is 0 Å². The number of aryl methyl sites for hydroxylation is 1. The molecule has 3 rings (SSSR count). The number of rotatable bonds is 6. The smallest absolute Gasteiger partial charge is 0.257 e. The van der Waals surface area contributed by atoms with E-state index in [0.29, 0.717) is 22.1 Å². The first-order valence-corrected chi connectivity index (χ1v) is 11.8. The molecule has 3 aromatic rings. The van der Waals surface area contributed by atoms with Crippen molar-refractivity contribution >= 4 is 44.0 Å². The zero-order chi connectivity index (χ0) is 22.1. The molecule has 1 aromatic heterocycles. The van der Waals surface area contributed by atoms with Gasteiger partial charge in [-0.1, -0.05) is 23.7 Å². The third kappa shape index (κ3) is 4.89. The molecule has 0 aliphatic rings. The highest BCUT2D eigenvalue weighted by atomic mass is 35.5. The number of aromatic nitrogens is 1. The molecule has 0 aliphatic heterocycles. The van der Waals surface area contributed by atoms with Crippen LogP contribution in [0.25, 0.3) is 0 Å². The standard InChI is InChI=1S/C21H22ClN3O3S2/c1-13-8-16(11-19(14(13)2)30(27,28)25(3)4)20(26)24-21-23-12-18(29-21)10-15-6-5-7-17(22)9-15/h5-9,11-12H,10H2,1-4H3,(H,23,24,26). The highest BCUT2D eigenvalue weighted by molar-refractivity contribution is 7.89. The van der Waals surface area contributed by atoms with Gasteiger partial charge in [-0.25, -0.2) is 17.7 Å². The number of halogens is 1. The molecule has 30 heavy (non-hydrogen) atoms. The van der Waals surface area contributed by atoms with Gasteiger partial charge in [-0.3, -0.25) is 10.1 Å². The first kappa shape index (κ1) is 22.4. The van der Waals surface area contributed by atoms with Gasteiger partial charge in [-0.2, -0.15) is 0 Å². The minimum absolute atomic E-state index is 0.124. The van der Waals surface area contributed by atoms with Crippen molar-refractivity contribution in [1.82, 2.24) is 9.29 Å². The molecule has 158 valence electrons. The predicted molar refractivity (Wildman–Crippen MR) is 121 cm³/mol. The monoisotopic (exact) mass is 463 g/mol. The number of sulfonamides is 1. The van der Waals surface area contributed by atoms with Crippen LogP contribution < -0.4 is 5.32 Å². The molecule has 0 radical (unpaired) electrons. The summed E-state index contributed by atoms with van der Waals surface area (Å²) in [7, 11) is -0.731. The van der Waals surface area contributed by atoms with E-state index in [1.165, 1.54) is 31.5 Å². The molecule has 1 heterocycles. The number of nitrogens with zero attached hydrogens (tertiary/aromatic N) is 2. The molecule has 1 N–H and O–H groups in total. The quantitative estimate of drug-likeness (QED) is 0.583. The second-order valence-electron chi connectivity index (χ2n) is 7.10. The Labute approximate surface area is 185 Å². The minimum atomic E-state index is -3.66. The van der Waals surface area contributed by atoms with Crippen molar-refractivity contribution in [3.05, 3.63) is 74.7 Å². The van der Waals surface area contributed by atoms with Crippen LogP contribution in [-0.4, -0.2) is 37.7 Å². The number of hydrogen-bond donors (Lipinski definition) is 1. The Balaban J connectivity index is 1.82. The predicted octanol–water partition coefficient (Wildman–Crippen LogP) is 4.51. The van der Waals surface area contributed by atoms with Gasteiger partial charge in [0.2, 0.25) is 10.0 Å². The van der Waals surface area contributed by atoms with Crippen LogP contribution in [0.15, 0.2) is 47.5 Å². The van der Waals surface area contributed by atoms with E-state index < -0.39 is 15.9 Å². The maximum Gasteiger partial charge on any atom is 0.257 e. The maximum absolute atomic E-state index is 12.8. The molecule has 1 amide bonds. The molecule has 0 fully saturated rings. The van der Waals surface area contributed by atoms with Crippen LogP contribution in [0.4, 0.5) is 5.13 Å². The summed E-state index contributed by atoms with van der Waals surface area (Å²) in [5.74, 6) is -0.406. The van der Waals surface area contributed by atoms with Crippen molar-refractivity contribution in [2.24, 2.45) is 0 Å². The van der Waals surface area contributed by atoms with Gasteiger partial charge in [0.15, 0.2) is 5.13 Å². The molecule has 2 aromatic carbocycles. The van der Waals surface area contributed by atoms with Crippen molar-refractivity contribution in [2.45, 2.75) is 25.2 Å². The molecule has 9 heteroatoms. The minimum Gasteiger partial charge on any atom is -0.298 e. The molecule has 0 atom stereocenters. The fourth-order valence-corrected chi connectivity index (χ4v) is 5.16. The third-order valence-corrected chi connectivity index (χ3v) is 7.77. The van der Waals surface area contributed by atoms with Gasteiger partial charge in [0.05, 0.1) is 4.90 Å². The van der Waals surface area contributed by atoms with Crippen LogP contribution in [0.1, 0.15) is 31.9 Å². The lowest BCUT2D eigenvalue weighted by atomic mass is 10.1. The Morgan fingerprint density at radius 2 is 1.93 bits per heavy atom. The van der Waals surface area contributed by atoms with Crippen molar-refractivity contribution < 1.29 is 13.2 Å². The van der Waals surface area contributed by atoms with Gasteiger partial charge in [-0.15, -0.1) is 11.3 Å². The highest BCUT2D eigenvalue weighted by Crippen LogP contribution is 2.26. The van der Waals surface area contributed by atoms with E-state index in [-0.39, 0.29) is 10.5 Å². The largest absolute Gasteiger partial charge is 0.298 e. The number of amides is 1. The Morgan fingerprint density at radius 1 is 1.20 bits per heavy atom. The number of hydrogen-bond acceptors (Lipinski definition) is 5. The summed E-state index contributed by atoms with van der Waals surface area (Å²) in [4.78, 5) is 18.1. The van der Waals surface area contributed by atoms with Gasteiger partial charge in [0, 0.05) is 42.2 Å². The van der Waals surface area contributed by atoms with Crippen molar-refractivity contribution in [3.63, 3.8) is 0 Å². The highest BCUT2D eigenvalue weighted by Gasteiger charge is 2.23. The lowest BCUT2D eigenvalue weighted by molar-refractivity contribution is 0.102. The van der Waals surface area contributed by atoms with E-state index in [1.807, 2.05) is 24.3 Å². The van der Waals surface area contributed by atoms with Crippen LogP contribution >= 0.6 is 22.9 Å². The zero-order valence-corrected chi connectivity index (χ0v) is 19.5. The van der Waals surface area contributed by atoms with Gasteiger partial charge >= 0.3 is 0 Å². The number of thiazole rings is 1. The average molecular weight is 464 g/mol. The average Bonchev–Trinajstić information content (AvgIpc) is 3.10. The number of benzene rings is 2. The van der Waals surface area contributed by atoms with Crippen molar-refractivity contribution in [1.29, 1.82) is 0 Å². The maximum atomic E-state index is 12.8. The van der Waals surface area contributed by atoms with E-state index >= 15 is 0 Å². The van der Waals surface area contributed by atoms with Gasteiger partial charge in [0.1, 0.15) is 0 Å². The fourth-order valence-electron chi connectivity index (χ4n) is 2.89. The fraction of sp³-hybridized carbons (Fsp3) is 0.238. The van der Waals surface area contributed by atoms with Crippen LogP contribution in [0.3, 0.4) is 0 Å². The summed E-state index contributed by atoms with van der Waals surface area (Å²) in [5, 5.41) is 3.89. The lowest BCUT2D eigenvalue weighted by Gasteiger charge is -2.16. The van der Waals surface area contributed by atoms with Crippen LogP contribution in [-0.2, 0) is 16.4 Å². The summed E-state index contributed by atoms with van der Waals surface area (Å²) < 4.78 is 26.4. The Morgan fingerprint density at radius 3 is 2.60 bits per heavy atom.